The van der Waals surface area contributed by atoms with Crippen molar-refractivity contribution < 1.29 is 4.79 Å². The van der Waals surface area contributed by atoms with Gasteiger partial charge in [-0.2, -0.15) is 10.1 Å². The number of hydrogen-bond donors (Lipinski definition) is 0. The standard InChI is InChI=1S/C14H28N4O/c1-6-7-8-13(19)11-18-16-15-14(4,5)17(18)10-9-12(2)3/h12H,6-11H2,1-5H3. The van der Waals surface area contributed by atoms with Crippen molar-refractivity contribution in [1.29, 1.82) is 0 Å². The Kier molecular flexibility index (Phi) is 5.91. The molecule has 1 heterocycles. The SMILES string of the molecule is CCCCC(=O)CN1N=NC(C)(C)N1CCC(C)C. The first kappa shape index (κ1) is 16.1. The third-order valence-corrected chi connectivity index (χ3v) is 3.35. The van der Waals surface area contributed by atoms with E-state index in [0.717, 1.165) is 25.8 Å². The third-order valence-electron chi connectivity index (χ3n) is 3.35. The van der Waals surface area contributed by atoms with E-state index in [2.05, 4.69) is 36.1 Å². The van der Waals surface area contributed by atoms with Gasteiger partial charge in [0.15, 0.2) is 5.78 Å². The van der Waals surface area contributed by atoms with Gasteiger partial charge in [0.25, 0.3) is 0 Å². The first-order valence-corrected chi connectivity index (χ1v) is 7.36. The molecule has 19 heavy (non-hydrogen) atoms. The molecule has 0 unspecified atom stereocenters. The molecule has 0 aliphatic carbocycles. The minimum atomic E-state index is -0.333. The highest BCUT2D eigenvalue weighted by molar-refractivity contribution is 5.80. The highest BCUT2D eigenvalue weighted by Crippen LogP contribution is 2.27. The van der Waals surface area contributed by atoms with Crippen LogP contribution in [0.4, 0.5) is 0 Å². The van der Waals surface area contributed by atoms with E-state index >= 15 is 0 Å². The second-order valence-electron chi connectivity index (χ2n) is 6.16. The van der Waals surface area contributed by atoms with Gasteiger partial charge in [-0.25, -0.2) is 0 Å². The molecular formula is C14H28N4O. The van der Waals surface area contributed by atoms with Crippen molar-refractivity contribution in [2.45, 2.75) is 66.0 Å². The number of unbranched alkanes of at least 4 members (excludes halogenated alkanes) is 1. The largest absolute Gasteiger partial charge is 0.298 e. The normalized spacial score (nSPS) is 18.5. The Morgan fingerprint density at radius 1 is 1.32 bits per heavy atom. The molecule has 110 valence electrons. The van der Waals surface area contributed by atoms with Gasteiger partial charge in [-0.3, -0.25) is 4.79 Å². The zero-order valence-electron chi connectivity index (χ0n) is 13.0. The Bertz CT molecular complexity index is 325. The van der Waals surface area contributed by atoms with E-state index in [4.69, 9.17) is 0 Å². The van der Waals surface area contributed by atoms with Gasteiger partial charge in [-0.1, -0.05) is 32.4 Å². The first-order chi connectivity index (χ1) is 8.86. The summed E-state index contributed by atoms with van der Waals surface area (Å²) in [5.41, 5.74) is -0.333. The summed E-state index contributed by atoms with van der Waals surface area (Å²) in [6, 6.07) is 0. The quantitative estimate of drug-likeness (QED) is 0.677. The van der Waals surface area contributed by atoms with Crippen LogP contribution >= 0.6 is 0 Å². The molecule has 5 heteroatoms. The molecule has 0 saturated heterocycles. The van der Waals surface area contributed by atoms with Crippen LogP contribution in [-0.4, -0.2) is 34.7 Å². The molecule has 0 atom stereocenters. The summed E-state index contributed by atoms with van der Waals surface area (Å²) < 4.78 is 0. The smallest absolute Gasteiger partial charge is 0.155 e. The van der Waals surface area contributed by atoms with Crippen molar-refractivity contribution in [2.24, 2.45) is 16.3 Å². The number of hydrazine groups is 1. The van der Waals surface area contributed by atoms with Crippen LogP contribution in [-0.2, 0) is 4.79 Å². The van der Waals surface area contributed by atoms with Crippen molar-refractivity contribution in [1.82, 2.24) is 10.1 Å². The molecule has 1 aliphatic rings. The van der Waals surface area contributed by atoms with Crippen LogP contribution in [0.2, 0.25) is 0 Å². The fourth-order valence-corrected chi connectivity index (χ4v) is 2.04. The molecule has 0 N–H and O–H groups in total. The number of carbonyl (C=O) groups is 1. The Labute approximate surface area is 117 Å². The predicted molar refractivity (Wildman–Crippen MR) is 76.3 cm³/mol. The summed E-state index contributed by atoms with van der Waals surface area (Å²) in [5, 5.41) is 12.3. The number of Topliss-reactive ketones (excluding diaryl/α,β-unsaturated/α-hetero) is 1. The van der Waals surface area contributed by atoms with Crippen LogP contribution in [0.1, 0.15) is 60.3 Å². The molecule has 1 rings (SSSR count). The van der Waals surface area contributed by atoms with Crippen LogP contribution in [0.5, 0.6) is 0 Å². The van der Waals surface area contributed by atoms with Gasteiger partial charge in [0.2, 0.25) is 0 Å². The minimum Gasteiger partial charge on any atom is -0.298 e. The van der Waals surface area contributed by atoms with E-state index in [9.17, 15) is 4.79 Å². The fourth-order valence-electron chi connectivity index (χ4n) is 2.04. The van der Waals surface area contributed by atoms with Gasteiger partial charge in [-0.15, -0.1) is 5.11 Å². The summed E-state index contributed by atoms with van der Waals surface area (Å²) in [4.78, 5) is 11.9. The van der Waals surface area contributed by atoms with E-state index in [0.29, 0.717) is 18.9 Å². The lowest BCUT2D eigenvalue weighted by Gasteiger charge is -2.33. The zero-order chi connectivity index (χ0) is 14.5. The average Bonchev–Trinajstić information content (AvgIpc) is 2.59. The molecule has 0 spiro atoms. The van der Waals surface area contributed by atoms with Gasteiger partial charge in [0, 0.05) is 13.0 Å². The average molecular weight is 268 g/mol. The van der Waals surface area contributed by atoms with E-state index in [-0.39, 0.29) is 11.4 Å². The van der Waals surface area contributed by atoms with Crippen molar-refractivity contribution in [3.05, 3.63) is 0 Å². The van der Waals surface area contributed by atoms with Crippen LogP contribution < -0.4 is 0 Å². The molecular weight excluding hydrogens is 240 g/mol. The summed E-state index contributed by atoms with van der Waals surface area (Å²) in [7, 11) is 0. The molecule has 0 fully saturated rings. The topological polar surface area (TPSA) is 48.3 Å². The molecule has 0 saturated carbocycles. The van der Waals surface area contributed by atoms with E-state index in [1.807, 2.05) is 13.8 Å². The molecule has 0 aromatic carbocycles. The van der Waals surface area contributed by atoms with Crippen LogP contribution in [0.25, 0.3) is 0 Å². The van der Waals surface area contributed by atoms with Crippen LogP contribution in [0.15, 0.2) is 10.3 Å². The van der Waals surface area contributed by atoms with Crippen LogP contribution in [0, 0.1) is 5.92 Å². The summed E-state index contributed by atoms with van der Waals surface area (Å²) in [6.07, 6.45) is 3.73. The van der Waals surface area contributed by atoms with Gasteiger partial charge < -0.3 is 0 Å². The molecule has 0 aromatic heterocycles. The monoisotopic (exact) mass is 268 g/mol. The van der Waals surface area contributed by atoms with Crippen LogP contribution in [0.3, 0.4) is 0 Å². The van der Waals surface area contributed by atoms with E-state index in [1.165, 1.54) is 0 Å². The van der Waals surface area contributed by atoms with E-state index in [1.54, 1.807) is 5.12 Å². The lowest BCUT2D eigenvalue weighted by molar-refractivity contribution is -0.128. The second kappa shape index (κ2) is 6.98. The van der Waals surface area contributed by atoms with Crippen molar-refractivity contribution in [3.8, 4) is 0 Å². The Morgan fingerprint density at radius 2 is 2.00 bits per heavy atom. The van der Waals surface area contributed by atoms with Gasteiger partial charge in [0.1, 0.15) is 12.2 Å². The maximum atomic E-state index is 11.9. The lowest BCUT2D eigenvalue weighted by Crippen LogP contribution is -2.49. The van der Waals surface area contributed by atoms with Crippen molar-refractivity contribution in [3.63, 3.8) is 0 Å². The molecule has 1 aliphatic heterocycles. The highest BCUT2D eigenvalue weighted by atomic mass is 16.1. The number of carbonyl (C=O) groups excluding carboxylic acids is 1. The Hall–Kier alpha value is -0.970. The minimum absolute atomic E-state index is 0.244. The molecule has 0 aromatic rings. The summed E-state index contributed by atoms with van der Waals surface area (Å²) in [5.74, 6) is 0.877. The summed E-state index contributed by atoms with van der Waals surface area (Å²) in [6.45, 7) is 11.8. The van der Waals surface area contributed by atoms with E-state index < -0.39 is 0 Å². The fraction of sp³-hybridized carbons (Fsp3) is 0.929. The third kappa shape index (κ3) is 4.90. The van der Waals surface area contributed by atoms with Gasteiger partial charge >= 0.3 is 0 Å². The maximum absolute atomic E-state index is 11.9. The highest BCUT2D eigenvalue weighted by Gasteiger charge is 2.37. The predicted octanol–water partition coefficient (Wildman–Crippen LogP) is 3.43. The molecule has 5 nitrogen and oxygen atoms in total. The number of hydrogen-bond acceptors (Lipinski definition) is 5. The first-order valence-electron chi connectivity index (χ1n) is 7.36. The maximum Gasteiger partial charge on any atom is 0.155 e. The van der Waals surface area contributed by atoms with Gasteiger partial charge in [-0.05, 0) is 32.6 Å². The lowest BCUT2D eigenvalue weighted by atomic mass is 10.1. The molecule has 0 bridgehead atoms. The van der Waals surface area contributed by atoms with Gasteiger partial charge in [0.05, 0.1) is 0 Å². The summed E-state index contributed by atoms with van der Waals surface area (Å²) >= 11 is 0. The molecule has 0 radical (unpaired) electrons. The number of rotatable bonds is 8. The van der Waals surface area contributed by atoms with Crippen molar-refractivity contribution >= 4 is 5.78 Å². The molecule has 0 amide bonds. The Morgan fingerprint density at radius 3 is 2.58 bits per heavy atom. The second-order valence-corrected chi connectivity index (χ2v) is 6.16. The Balaban J connectivity index is 2.55. The zero-order valence-corrected chi connectivity index (χ0v) is 13.0. The number of nitrogens with zero attached hydrogens (tertiary/aromatic N) is 4. The number of ketones is 1. The van der Waals surface area contributed by atoms with Crippen molar-refractivity contribution in [2.75, 3.05) is 13.1 Å².